The average Bonchev–Trinajstić information content (AvgIpc) is 2.52. The number of methoxy groups -OCH3 is 2. The highest BCUT2D eigenvalue weighted by atomic mass is 32.2. The van der Waals surface area contributed by atoms with E-state index in [4.69, 9.17) is 24.2 Å². The average molecular weight is 346 g/mol. The molecule has 1 aliphatic rings. The van der Waals surface area contributed by atoms with E-state index < -0.39 is 30.7 Å². The van der Waals surface area contributed by atoms with Crippen LogP contribution < -0.4 is 0 Å². The number of hydrogen-bond acceptors (Lipinski definition) is 11. The van der Waals surface area contributed by atoms with Crippen molar-refractivity contribution >= 4 is 12.0 Å². The molecule has 132 valence electrons. The molecule has 22 heavy (non-hydrogen) atoms. The van der Waals surface area contributed by atoms with Gasteiger partial charge in [-0.15, -0.1) is 4.33 Å². The number of aliphatic hydroxyl groups excluding tert-OH is 3. The largest absolute Gasteiger partial charge is 0.388 e. The summed E-state index contributed by atoms with van der Waals surface area (Å²) in [5.74, 6) is 0.0249. The quantitative estimate of drug-likeness (QED) is 0.160. The maximum Gasteiger partial charge on any atom is 0.186 e. The molecule has 11 heteroatoms. The van der Waals surface area contributed by atoms with Gasteiger partial charge in [-0.05, 0) is 0 Å². The van der Waals surface area contributed by atoms with Crippen LogP contribution in [0.5, 0.6) is 0 Å². The Morgan fingerprint density at radius 3 is 2.41 bits per heavy atom. The van der Waals surface area contributed by atoms with Crippen molar-refractivity contribution in [2.75, 3.05) is 33.2 Å². The molecule has 6 atom stereocenters. The Bertz CT molecular complexity index is 296. The zero-order valence-electron chi connectivity index (χ0n) is 12.2. The highest BCUT2D eigenvalue weighted by Crippen LogP contribution is 2.25. The highest BCUT2D eigenvalue weighted by Gasteiger charge is 2.44. The molecule has 4 N–H and O–H groups in total. The SMILES string of the molecule is COCC(COC1OC(CSOOO)C(O)C(O)C1O)OC. The molecule has 10 nitrogen and oxygen atoms in total. The van der Waals surface area contributed by atoms with Crippen LogP contribution in [0.15, 0.2) is 0 Å². The van der Waals surface area contributed by atoms with Crippen LogP contribution in [0.2, 0.25) is 0 Å². The highest BCUT2D eigenvalue weighted by molar-refractivity contribution is 7.94. The number of rotatable bonds is 10. The van der Waals surface area contributed by atoms with Gasteiger partial charge >= 0.3 is 0 Å². The minimum Gasteiger partial charge on any atom is -0.388 e. The fourth-order valence-electron chi connectivity index (χ4n) is 1.88. The Balaban J connectivity index is 2.53. The van der Waals surface area contributed by atoms with E-state index in [9.17, 15) is 15.3 Å². The second kappa shape index (κ2) is 10.7. The monoisotopic (exact) mass is 346 g/mol. The second-order valence-corrected chi connectivity index (χ2v) is 5.29. The molecule has 0 spiro atoms. The molecule has 1 rings (SSSR count). The third-order valence-corrected chi connectivity index (χ3v) is 3.73. The minimum absolute atomic E-state index is 0.0249. The zero-order chi connectivity index (χ0) is 16.5. The van der Waals surface area contributed by atoms with Crippen molar-refractivity contribution in [3.8, 4) is 0 Å². The summed E-state index contributed by atoms with van der Waals surface area (Å²) >= 11 is 0.656. The summed E-state index contributed by atoms with van der Waals surface area (Å²) in [6.07, 6.45) is -6.65. The smallest absolute Gasteiger partial charge is 0.186 e. The van der Waals surface area contributed by atoms with Crippen LogP contribution in [0.4, 0.5) is 0 Å². The van der Waals surface area contributed by atoms with Gasteiger partial charge in [0.2, 0.25) is 0 Å². The van der Waals surface area contributed by atoms with Gasteiger partial charge in [-0.3, -0.25) is 0 Å². The predicted molar refractivity (Wildman–Crippen MR) is 72.6 cm³/mol. The van der Waals surface area contributed by atoms with Crippen molar-refractivity contribution in [3.05, 3.63) is 0 Å². The first kappa shape index (κ1) is 20.0. The Kier molecular flexibility index (Phi) is 9.70. The maximum absolute atomic E-state index is 9.88. The van der Waals surface area contributed by atoms with Crippen LogP contribution in [0.3, 0.4) is 0 Å². The summed E-state index contributed by atoms with van der Waals surface area (Å²) in [5.41, 5.74) is 0. The third kappa shape index (κ3) is 5.86. The zero-order valence-corrected chi connectivity index (χ0v) is 13.0. The Morgan fingerprint density at radius 1 is 1.09 bits per heavy atom. The van der Waals surface area contributed by atoms with Crippen molar-refractivity contribution in [1.82, 2.24) is 0 Å². The summed E-state index contributed by atoms with van der Waals surface area (Å²) in [6.45, 7) is 0.344. The molecule has 0 aliphatic carbocycles. The van der Waals surface area contributed by atoms with E-state index in [-0.39, 0.29) is 25.1 Å². The molecule has 0 bridgehead atoms. The van der Waals surface area contributed by atoms with Gasteiger partial charge in [-0.2, -0.15) is 0 Å². The molecular formula is C11H22O10S. The van der Waals surface area contributed by atoms with E-state index in [2.05, 4.69) is 9.37 Å². The molecule has 0 radical (unpaired) electrons. The lowest BCUT2D eigenvalue weighted by atomic mass is 10.00. The predicted octanol–water partition coefficient (Wildman–Crippen LogP) is -1.46. The molecule has 1 heterocycles. The molecule has 0 amide bonds. The fourth-order valence-corrected chi connectivity index (χ4v) is 2.39. The van der Waals surface area contributed by atoms with E-state index in [1.165, 1.54) is 14.2 Å². The van der Waals surface area contributed by atoms with E-state index in [0.29, 0.717) is 12.0 Å². The first-order valence-corrected chi connectivity index (χ1v) is 7.38. The number of hydrogen-bond donors (Lipinski definition) is 4. The molecule has 0 aromatic carbocycles. The summed E-state index contributed by atoms with van der Waals surface area (Å²) in [5, 5.41) is 41.0. The van der Waals surface area contributed by atoms with Gasteiger partial charge in [0.15, 0.2) is 6.29 Å². The molecule has 0 aromatic heterocycles. The normalized spacial score (nSPS) is 33.8. The first-order valence-electron chi connectivity index (χ1n) is 6.47. The molecule has 6 unspecified atom stereocenters. The van der Waals surface area contributed by atoms with E-state index in [0.717, 1.165) is 0 Å². The summed E-state index contributed by atoms with van der Waals surface area (Å²) in [7, 11) is 2.99. The third-order valence-electron chi connectivity index (χ3n) is 3.11. The molecule has 1 aliphatic heterocycles. The summed E-state index contributed by atoms with van der Waals surface area (Å²) in [6, 6.07) is 0. The standard InChI is InChI=1S/C11H22O10S/c1-16-3-6(17-2)4-18-11-10(14)9(13)8(12)7(19-11)5-22-21-20-15/h6-15H,3-5H2,1-2H3. The van der Waals surface area contributed by atoms with Crippen LogP contribution in [0.1, 0.15) is 0 Å². The summed E-state index contributed by atoms with van der Waals surface area (Å²) < 4.78 is 25.0. The van der Waals surface area contributed by atoms with Gasteiger partial charge in [-0.25, -0.2) is 5.26 Å². The first-order chi connectivity index (χ1) is 10.5. The van der Waals surface area contributed by atoms with Crippen LogP contribution in [0.25, 0.3) is 0 Å². The van der Waals surface area contributed by atoms with E-state index in [1.54, 1.807) is 0 Å². The van der Waals surface area contributed by atoms with E-state index in [1.807, 2.05) is 0 Å². The van der Waals surface area contributed by atoms with Gasteiger partial charge < -0.3 is 34.3 Å². The van der Waals surface area contributed by atoms with Crippen LogP contribution in [-0.2, 0) is 28.3 Å². The van der Waals surface area contributed by atoms with E-state index >= 15 is 0 Å². The topological polar surface area (TPSA) is 136 Å². The molecule has 0 aromatic rings. The second-order valence-electron chi connectivity index (χ2n) is 4.59. The van der Waals surface area contributed by atoms with Gasteiger partial charge in [0, 0.05) is 26.3 Å². The van der Waals surface area contributed by atoms with Crippen molar-refractivity contribution < 1.29 is 48.9 Å². The molecule has 0 saturated carbocycles. The minimum atomic E-state index is -1.46. The summed E-state index contributed by atoms with van der Waals surface area (Å²) in [4.78, 5) is 0. The van der Waals surface area contributed by atoms with Gasteiger partial charge in [0.1, 0.15) is 30.5 Å². The van der Waals surface area contributed by atoms with Crippen LogP contribution >= 0.6 is 12.0 Å². The van der Waals surface area contributed by atoms with Crippen LogP contribution in [0, 0.1) is 0 Å². The Hall–Kier alpha value is -0.0500. The van der Waals surface area contributed by atoms with Gasteiger partial charge in [-0.1, -0.05) is 5.04 Å². The van der Waals surface area contributed by atoms with Gasteiger partial charge in [0.25, 0.3) is 0 Å². The van der Waals surface area contributed by atoms with Crippen molar-refractivity contribution in [3.63, 3.8) is 0 Å². The van der Waals surface area contributed by atoms with Crippen LogP contribution in [-0.4, -0.2) is 90.6 Å². The van der Waals surface area contributed by atoms with Crippen molar-refractivity contribution in [1.29, 1.82) is 0 Å². The fraction of sp³-hybridized carbons (Fsp3) is 1.00. The lowest BCUT2D eigenvalue weighted by molar-refractivity contribution is -0.432. The Morgan fingerprint density at radius 2 is 1.82 bits per heavy atom. The van der Waals surface area contributed by atoms with Gasteiger partial charge in [0.05, 0.1) is 19.0 Å². The Labute approximate surface area is 131 Å². The lowest BCUT2D eigenvalue weighted by Crippen LogP contribution is -2.59. The van der Waals surface area contributed by atoms with Crippen molar-refractivity contribution in [2.24, 2.45) is 0 Å². The number of aliphatic hydroxyl groups is 3. The van der Waals surface area contributed by atoms with Crippen molar-refractivity contribution in [2.45, 2.75) is 36.8 Å². The molecule has 1 fully saturated rings. The maximum atomic E-state index is 9.88. The molecular weight excluding hydrogens is 324 g/mol. The lowest BCUT2D eigenvalue weighted by Gasteiger charge is -2.40. The number of ether oxygens (including phenoxy) is 4. The molecule has 1 saturated heterocycles.